The highest BCUT2D eigenvalue weighted by atomic mass is 16.5. The number of rotatable bonds is 5. The number of morpholine rings is 1. The Morgan fingerprint density at radius 3 is 2.89 bits per heavy atom. The SMILES string of the molecule is CC(C)n1nnnc1CN1CCOC(CN(C)C)C1. The van der Waals surface area contributed by atoms with Crippen LogP contribution in [0.1, 0.15) is 25.7 Å². The van der Waals surface area contributed by atoms with Crippen LogP contribution in [0.4, 0.5) is 0 Å². The van der Waals surface area contributed by atoms with Crippen molar-refractivity contribution in [1.82, 2.24) is 30.0 Å². The van der Waals surface area contributed by atoms with E-state index >= 15 is 0 Å². The minimum Gasteiger partial charge on any atom is -0.374 e. The second kappa shape index (κ2) is 6.40. The lowest BCUT2D eigenvalue weighted by atomic mass is 10.2. The van der Waals surface area contributed by atoms with Gasteiger partial charge in [0.05, 0.1) is 25.3 Å². The second-order valence-electron chi connectivity index (χ2n) is 5.62. The van der Waals surface area contributed by atoms with E-state index in [1.807, 2.05) is 4.68 Å². The maximum Gasteiger partial charge on any atom is 0.165 e. The van der Waals surface area contributed by atoms with Crippen molar-refractivity contribution in [1.29, 1.82) is 0 Å². The molecule has 1 aromatic heterocycles. The molecule has 19 heavy (non-hydrogen) atoms. The smallest absolute Gasteiger partial charge is 0.165 e. The van der Waals surface area contributed by atoms with Gasteiger partial charge in [0.1, 0.15) is 0 Å². The summed E-state index contributed by atoms with van der Waals surface area (Å²) in [6, 6.07) is 0.295. The van der Waals surface area contributed by atoms with Crippen LogP contribution in [0.2, 0.25) is 0 Å². The van der Waals surface area contributed by atoms with Crippen molar-refractivity contribution in [2.45, 2.75) is 32.5 Å². The lowest BCUT2D eigenvalue weighted by Gasteiger charge is -2.33. The number of hydrogen-bond donors (Lipinski definition) is 0. The first-order valence-electron chi connectivity index (χ1n) is 6.81. The summed E-state index contributed by atoms with van der Waals surface area (Å²) >= 11 is 0. The van der Waals surface area contributed by atoms with Gasteiger partial charge in [0.2, 0.25) is 0 Å². The maximum absolute atomic E-state index is 5.77. The third-order valence-corrected chi connectivity index (χ3v) is 3.21. The first kappa shape index (κ1) is 14.4. The quantitative estimate of drug-likeness (QED) is 0.750. The molecule has 0 bridgehead atoms. The van der Waals surface area contributed by atoms with Gasteiger partial charge in [0.25, 0.3) is 0 Å². The molecule has 0 radical (unpaired) electrons. The zero-order chi connectivity index (χ0) is 13.8. The van der Waals surface area contributed by atoms with Gasteiger partial charge in [-0.05, 0) is 38.4 Å². The molecule has 1 unspecified atom stereocenters. The Labute approximate surface area is 114 Å². The Balaban J connectivity index is 1.93. The second-order valence-corrected chi connectivity index (χ2v) is 5.62. The Hall–Kier alpha value is -1.05. The van der Waals surface area contributed by atoms with Crippen LogP contribution < -0.4 is 0 Å². The van der Waals surface area contributed by atoms with Crippen LogP contribution in [0.5, 0.6) is 0 Å². The highest BCUT2D eigenvalue weighted by Crippen LogP contribution is 2.11. The third-order valence-electron chi connectivity index (χ3n) is 3.21. The number of tetrazole rings is 1. The third kappa shape index (κ3) is 3.95. The van der Waals surface area contributed by atoms with Gasteiger partial charge >= 0.3 is 0 Å². The molecule has 1 fully saturated rings. The van der Waals surface area contributed by atoms with Gasteiger partial charge in [-0.2, -0.15) is 0 Å². The van der Waals surface area contributed by atoms with Gasteiger partial charge in [-0.3, -0.25) is 4.90 Å². The van der Waals surface area contributed by atoms with E-state index in [0.29, 0.717) is 6.04 Å². The highest BCUT2D eigenvalue weighted by Gasteiger charge is 2.23. The van der Waals surface area contributed by atoms with Gasteiger partial charge in [-0.25, -0.2) is 4.68 Å². The van der Waals surface area contributed by atoms with Crippen LogP contribution in [-0.2, 0) is 11.3 Å². The highest BCUT2D eigenvalue weighted by molar-refractivity contribution is 4.85. The monoisotopic (exact) mass is 268 g/mol. The molecule has 1 aromatic rings. The minimum absolute atomic E-state index is 0.270. The van der Waals surface area contributed by atoms with Gasteiger partial charge < -0.3 is 9.64 Å². The number of ether oxygens (including phenoxy) is 1. The zero-order valence-corrected chi connectivity index (χ0v) is 12.3. The van der Waals surface area contributed by atoms with Crippen molar-refractivity contribution in [3.8, 4) is 0 Å². The molecule has 0 amide bonds. The molecule has 0 aromatic carbocycles. The van der Waals surface area contributed by atoms with Crippen LogP contribution in [0.25, 0.3) is 0 Å². The van der Waals surface area contributed by atoms with Crippen molar-refractivity contribution in [2.24, 2.45) is 0 Å². The van der Waals surface area contributed by atoms with E-state index in [4.69, 9.17) is 4.74 Å². The number of aromatic nitrogens is 4. The van der Waals surface area contributed by atoms with E-state index in [9.17, 15) is 0 Å². The van der Waals surface area contributed by atoms with Crippen LogP contribution in [-0.4, -0.2) is 76.4 Å². The molecule has 108 valence electrons. The van der Waals surface area contributed by atoms with Gasteiger partial charge in [-0.15, -0.1) is 5.10 Å². The van der Waals surface area contributed by atoms with Crippen molar-refractivity contribution in [3.05, 3.63) is 5.82 Å². The zero-order valence-electron chi connectivity index (χ0n) is 12.3. The van der Waals surface area contributed by atoms with E-state index in [2.05, 4.69) is 53.3 Å². The van der Waals surface area contributed by atoms with E-state index < -0.39 is 0 Å². The fourth-order valence-electron chi connectivity index (χ4n) is 2.36. The Kier molecular flexibility index (Phi) is 4.84. The van der Waals surface area contributed by atoms with Crippen LogP contribution >= 0.6 is 0 Å². The largest absolute Gasteiger partial charge is 0.374 e. The number of nitrogens with zero attached hydrogens (tertiary/aromatic N) is 6. The molecule has 2 rings (SSSR count). The number of hydrogen-bond acceptors (Lipinski definition) is 6. The Morgan fingerprint density at radius 2 is 2.21 bits per heavy atom. The van der Waals surface area contributed by atoms with Crippen molar-refractivity contribution in [3.63, 3.8) is 0 Å². The Morgan fingerprint density at radius 1 is 1.42 bits per heavy atom. The van der Waals surface area contributed by atoms with E-state index in [1.54, 1.807) is 0 Å². The molecule has 7 nitrogen and oxygen atoms in total. The Bertz CT molecular complexity index is 391. The molecule has 0 N–H and O–H groups in total. The summed E-state index contributed by atoms with van der Waals surface area (Å²) in [5.74, 6) is 0.931. The predicted molar refractivity (Wildman–Crippen MR) is 71.8 cm³/mol. The molecule has 1 saturated heterocycles. The molecule has 1 atom stereocenters. The summed E-state index contributed by atoms with van der Waals surface area (Å²) in [5.41, 5.74) is 0. The molecular weight excluding hydrogens is 244 g/mol. The topological polar surface area (TPSA) is 59.3 Å². The summed E-state index contributed by atoms with van der Waals surface area (Å²) in [6.45, 7) is 8.58. The predicted octanol–water partition coefficient (Wildman–Crippen LogP) is 0.0164. The van der Waals surface area contributed by atoms with Crippen LogP contribution in [0, 0.1) is 0 Å². The number of likely N-dealkylation sites (N-methyl/N-ethyl adjacent to an activating group) is 1. The molecular formula is C12H24N6O. The van der Waals surface area contributed by atoms with Crippen LogP contribution in [0.15, 0.2) is 0 Å². The van der Waals surface area contributed by atoms with Crippen LogP contribution in [0.3, 0.4) is 0 Å². The molecule has 7 heteroatoms. The van der Waals surface area contributed by atoms with E-state index in [-0.39, 0.29) is 6.10 Å². The normalized spacial score (nSPS) is 21.5. The molecule has 0 spiro atoms. The molecule has 1 aliphatic heterocycles. The summed E-state index contributed by atoms with van der Waals surface area (Å²) in [4.78, 5) is 4.52. The first-order chi connectivity index (χ1) is 9.06. The fraction of sp³-hybridized carbons (Fsp3) is 0.917. The summed E-state index contributed by atoms with van der Waals surface area (Å²) in [6.07, 6.45) is 0.270. The van der Waals surface area contributed by atoms with Crippen molar-refractivity contribution < 1.29 is 4.74 Å². The molecule has 1 aliphatic rings. The summed E-state index contributed by atoms with van der Waals surface area (Å²) in [7, 11) is 4.14. The minimum atomic E-state index is 0.270. The summed E-state index contributed by atoms with van der Waals surface area (Å²) in [5, 5.41) is 11.9. The van der Waals surface area contributed by atoms with E-state index in [1.165, 1.54) is 0 Å². The fourth-order valence-corrected chi connectivity index (χ4v) is 2.36. The van der Waals surface area contributed by atoms with E-state index in [0.717, 1.165) is 38.6 Å². The molecule has 0 saturated carbocycles. The molecule has 2 heterocycles. The molecule has 0 aliphatic carbocycles. The summed E-state index contributed by atoms with van der Waals surface area (Å²) < 4.78 is 7.66. The van der Waals surface area contributed by atoms with Crippen molar-refractivity contribution >= 4 is 0 Å². The van der Waals surface area contributed by atoms with Gasteiger partial charge in [-0.1, -0.05) is 0 Å². The van der Waals surface area contributed by atoms with Crippen molar-refractivity contribution in [2.75, 3.05) is 40.3 Å². The maximum atomic E-state index is 5.77. The van der Waals surface area contributed by atoms with Gasteiger partial charge in [0.15, 0.2) is 5.82 Å². The van der Waals surface area contributed by atoms with Gasteiger partial charge in [0, 0.05) is 19.6 Å². The lowest BCUT2D eigenvalue weighted by Crippen LogP contribution is -2.46. The average molecular weight is 268 g/mol. The standard InChI is InChI=1S/C12H24N6O/c1-10(2)18-12(13-14-15-18)9-17-5-6-19-11(8-17)7-16(3)4/h10-11H,5-9H2,1-4H3. The first-order valence-corrected chi connectivity index (χ1v) is 6.81. The lowest BCUT2D eigenvalue weighted by molar-refractivity contribution is -0.0417. The average Bonchev–Trinajstić information content (AvgIpc) is 2.76.